The molecule has 2 aromatic heterocycles. The number of hydrogen-bond acceptors (Lipinski definition) is 8. The molecule has 0 radical (unpaired) electrons. The van der Waals surface area contributed by atoms with Crippen LogP contribution in [-0.4, -0.2) is 21.9 Å². The number of anilines is 1. The Hall–Kier alpha value is -2.90. The van der Waals surface area contributed by atoms with Gasteiger partial charge in [0.2, 0.25) is 5.91 Å². The number of benzene rings is 1. The Labute approximate surface area is 205 Å². The van der Waals surface area contributed by atoms with Crippen LogP contribution in [0.2, 0.25) is 0 Å². The van der Waals surface area contributed by atoms with E-state index in [9.17, 15) is 14.4 Å². The number of nitrogens with zero attached hydrogens (tertiary/aromatic N) is 3. The molecular formula is C24H25FN4O3S2. The minimum atomic E-state index is -0.478. The van der Waals surface area contributed by atoms with Crippen molar-refractivity contribution in [3.63, 3.8) is 0 Å². The molecule has 1 atom stereocenters. The minimum absolute atomic E-state index is 0.0495. The van der Waals surface area contributed by atoms with Gasteiger partial charge in [-0.15, -0.1) is 21.5 Å². The van der Waals surface area contributed by atoms with Gasteiger partial charge in [0.25, 0.3) is 11.1 Å². The molecular weight excluding hydrogens is 475 g/mol. The van der Waals surface area contributed by atoms with Crippen molar-refractivity contribution >= 4 is 34.0 Å². The first kappa shape index (κ1) is 24.2. The third-order valence-corrected chi connectivity index (χ3v) is 7.81. The van der Waals surface area contributed by atoms with Crippen molar-refractivity contribution in [3.8, 4) is 11.8 Å². The van der Waals surface area contributed by atoms with E-state index in [4.69, 9.17) is 9.15 Å². The molecule has 0 saturated heterocycles. The van der Waals surface area contributed by atoms with Gasteiger partial charge in [-0.05, 0) is 48.3 Å². The maximum absolute atomic E-state index is 13.6. The van der Waals surface area contributed by atoms with Crippen LogP contribution in [0.4, 0.5) is 9.39 Å². The van der Waals surface area contributed by atoms with Crippen molar-refractivity contribution in [3.05, 3.63) is 52.0 Å². The smallest absolute Gasteiger partial charge is 0.277 e. The normalized spacial score (nSPS) is 15.4. The molecule has 2 heterocycles. The highest BCUT2D eigenvalue weighted by Crippen LogP contribution is 2.44. The number of hydrogen-bond donors (Lipinski definition) is 1. The molecule has 4 rings (SSSR count). The predicted molar refractivity (Wildman–Crippen MR) is 128 cm³/mol. The van der Waals surface area contributed by atoms with E-state index < -0.39 is 5.82 Å². The van der Waals surface area contributed by atoms with E-state index in [1.807, 2.05) is 0 Å². The molecule has 1 aliphatic carbocycles. The molecule has 0 fully saturated rings. The number of thiophene rings is 1. The molecule has 0 unspecified atom stereocenters. The zero-order valence-electron chi connectivity index (χ0n) is 19.2. The summed E-state index contributed by atoms with van der Waals surface area (Å²) in [4.78, 5) is 13.8. The maximum atomic E-state index is 13.6. The molecule has 0 bridgehead atoms. The summed E-state index contributed by atoms with van der Waals surface area (Å²) in [6.07, 6.45) is 2.84. The standard InChI is InChI=1S/C24H25FN4O3S2/c1-24(2,3)14-8-9-15-16(11-26)22(34-19(15)10-14)27-20(30)13-33-23-29-28-21(32-23)12-31-18-7-5-4-6-17(18)25/h4-7,14H,8-10,12-13H2,1-3H3,(H,27,30)/t14-/m1/s1. The second-order valence-corrected chi connectivity index (χ2v) is 11.2. The fourth-order valence-electron chi connectivity index (χ4n) is 3.88. The first-order valence-electron chi connectivity index (χ1n) is 10.9. The van der Waals surface area contributed by atoms with E-state index >= 15 is 0 Å². The second-order valence-electron chi connectivity index (χ2n) is 9.14. The maximum Gasteiger partial charge on any atom is 0.277 e. The largest absolute Gasteiger partial charge is 0.481 e. The molecule has 1 aromatic carbocycles. The zero-order chi connectivity index (χ0) is 24.3. The van der Waals surface area contributed by atoms with Crippen LogP contribution in [0.15, 0.2) is 33.9 Å². The molecule has 10 heteroatoms. The molecule has 0 saturated carbocycles. The summed E-state index contributed by atoms with van der Waals surface area (Å²) >= 11 is 2.59. The fourth-order valence-corrected chi connectivity index (χ4v) is 5.75. The summed E-state index contributed by atoms with van der Waals surface area (Å²) in [6, 6.07) is 8.32. The molecule has 1 N–H and O–H groups in total. The van der Waals surface area contributed by atoms with E-state index in [1.54, 1.807) is 12.1 Å². The summed E-state index contributed by atoms with van der Waals surface area (Å²) in [6.45, 7) is 6.66. The van der Waals surface area contributed by atoms with Crippen molar-refractivity contribution in [2.45, 2.75) is 51.9 Å². The van der Waals surface area contributed by atoms with Gasteiger partial charge in [-0.3, -0.25) is 4.79 Å². The lowest BCUT2D eigenvalue weighted by molar-refractivity contribution is -0.113. The van der Waals surface area contributed by atoms with E-state index in [2.05, 4.69) is 42.4 Å². The van der Waals surface area contributed by atoms with Gasteiger partial charge in [0.05, 0.1) is 11.3 Å². The number of nitriles is 1. The van der Waals surface area contributed by atoms with Crippen LogP contribution in [0.5, 0.6) is 5.75 Å². The number of carbonyl (C=O) groups is 1. The number of thioether (sulfide) groups is 1. The number of nitrogens with one attached hydrogen (secondary N) is 1. The average Bonchev–Trinajstić information content (AvgIpc) is 3.39. The van der Waals surface area contributed by atoms with Crippen LogP contribution in [0.25, 0.3) is 0 Å². The Morgan fingerprint density at radius 2 is 2.18 bits per heavy atom. The lowest BCUT2D eigenvalue weighted by Crippen LogP contribution is -2.26. The van der Waals surface area contributed by atoms with E-state index in [0.717, 1.165) is 36.6 Å². The number of rotatable bonds is 7. The van der Waals surface area contributed by atoms with E-state index in [0.29, 0.717) is 16.5 Å². The Morgan fingerprint density at radius 1 is 1.38 bits per heavy atom. The first-order valence-corrected chi connectivity index (χ1v) is 12.7. The van der Waals surface area contributed by atoms with Crippen LogP contribution in [0.3, 0.4) is 0 Å². The summed E-state index contributed by atoms with van der Waals surface area (Å²) in [5, 5.41) is 21.1. The fraction of sp³-hybridized carbons (Fsp3) is 0.417. The Morgan fingerprint density at radius 3 is 2.91 bits per heavy atom. The highest BCUT2D eigenvalue weighted by molar-refractivity contribution is 7.99. The number of carbonyl (C=O) groups excluding carboxylic acids is 1. The number of fused-ring (bicyclic) bond motifs is 1. The highest BCUT2D eigenvalue weighted by atomic mass is 32.2. The van der Waals surface area contributed by atoms with E-state index in [1.165, 1.54) is 28.3 Å². The van der Waals surface area contributed by atoms with Crippen LogP contribution in [0, 0.1) is 28.5 Å². The summed E-state index contributed by atoms with van der Waals surface area (Å²) in [5.41, 5.74) is 1.86. The van der Waals surface area contributed by atoms with Gasteiger partial charge in [0.1, 0.15) is 11.1 Å². The number of para-hydroxylation sites is 1. The minimum Gasteiger partial charge on any atom is -0.481 e. The molecule has 0 spiro atoms. The number of ether oxygens (including phenoxy) is 1. The average molecular weight is 501 g/mol. The number of aromatic nitrogens is 2. The molecule has 7 nitrogen and oxygen atoms in total. The molecule has 34 heavy (non-hydrogen) atoms. The Kier molecular flexibility index (Phi) is 7.24. The second kappa shape index (κ2) is 10.2. The summed E-state index contributed by atoms with van der Waals surface area (Å²) < 4.78 is 24.4. The van der Waals surface area contributed by atoms with Gasteiger partial charge in [0.15, 0.2) is 18.2 Å². The summed E-state index contributed by atoms with van der Waals surface area (Å²) in [7, 11) is 0. The molecule has 3 aromatic rings. The van der Waals surface area contributed by atoms with Gasteiger partial charge in [0, 0.05) is 4.88 Å². The van der Waals surface area contributed by atoms with E-state index in [-0.39, 0.29) is 40.5 Å². The van der Waals surface area contributed by atoms with Crippen LogP contribution in [-0.2, 0) is 24.2 Å². The van der Waals surface area contributed by atoms with Crippen molar-refractivity contribution in [1.82, 2.24) is 10.2 Å². The monoisotopic (exact) mass is 500 g/mol. The molecule has 178 valence electrons. The third kappa shape index (κ3) is 5.59. The quantitative estimate of drug-likeness (QED) is 0.421. The van der Waals surface area contributed by atoms with Gasteiger partial charge < -0.3 is 14.5 Å². The van der Waals surface area contributed by atoms with Crippen LogP contribution in [0.1, 0.15) is 49.1 Å². The van der Waals surface area contributed by atoms with Crippen LogP contribution >= 0.6 is 23.1 Å². The number of amides is 1. The SMILES string of the molecule is CC(C)(C)[C@@H]1CCc2c(sc(NC(=O)CSc3nnc(COc4ccccc4F)o3)c2C#N)C1. The Bertz CT molecular complexity index is 1230. The molecule has 1 amide bonds. The van der Waals surface area contributed by atoms with Crippen molar-refractivity contribution in [2.75, 3.05) is 11.1 Å². The molecule has 0 aliphatic heterocycles. The molecule has 1 aliphatic rings. The number of halogens is 1. The van der Waals surface area contributed by atoms with Gasteiger partial charge >= 0.3 is 0 Å². The topological polar surface area (TPSA) is 101 Å². The van der Waals surface area contributed by atoms with Gasteiger partial charge in [-0.1, -0.05) is 44.7 Å². The Balaban J connectivity index is 1.32. The van der Waals surface area contributed by atoms with Crippen molar-refractivity contribution in [2.24, 2.45) is 11.3 Å². The van der Waals surface area contributed by atoms with Crippen LogP contribution < -0.4 is 10.1 Å². The summed E-state index contributed by atoms with van der Waals surface area (Å²) in [5.74, 6) is 0.142. The van der Waals surface area contributed by atoms with Crippen molar-refractivity contribution < 1.29 is 18.3 Å². The third-order valence-electron chi connectivity index (χ3n) is 5.82. The zero-order valence-corrected chi connectivity index (χ0v) is 20.8. The highest BCUT2D eigenvalue weighted by Gasteiger charge is 2.32. The van der Waals surface area contributed by atoms with Gasteiger partial charge in [-0.2, -0.15) is 5.26 Å². The van der Waals surface area contributed by atoms with Gasteiger partial charge in [-0.25, -0.2) is 4.39 Å². The lowest BCUT2D eigenvalue weighted by Gasteiger charge is -2.33. The lowest BCUT2D eigenvalue weighted by atomic mass is 9.72. The van der Waals surface area contributed by atoms with Crippen molar-refractivity contribution in [1.29, 1.82) is 5.26 Å². The predicted octanol–water partition coefficient (Wildman–Crippen LogP) is 5.60. The first-order chi connectivity index (χ1) is 16.2.